The Balaban J connectivity index is 1.54. The molecular formula is C25H27N3O4S. The monoisotopic (exact) mass is 465 g/mol. The van der Waals surface area contributed by atoms with Gasteiger partial charge in [-0.05, 0) is 35.3 Å². The van der Waals surface area contributed by atoms with Crippen molar-refractivity contribution in [3.05, 3.63) is 95.7 Å². The number of carbonyl (C=O) groups excluding carboxylic acids is 1. The molecule has 1 atom stereocenters. The maximum atomic E-state index is 13.3. The zero-order chi connectivity index (χ0) is 23.2. The van der Waals surface area contributed by atoms with Gasteiger partial charge in [-0.25, -0.2) is 4.79 Å². The molecule has 0 aromatic heterocycles. The molecular weight excluding hydrogens is 438 g/mol. The molecule has 0 unspecified atom stereocenters. The maximum Gasteiger partial charge on any atom is 0.415 e. The Morgan fingerprint density at radius 1 is 1.12 bits per heavy atom. The van der Waals surface area contributed by atoms with Crippen molar-refractivity contribution < 1.29 is 19.0 Å². The smallest absolute Gasteiger partial charge is 0.415 e. The van der Waals surface area contributed by atoms with Gasteiger partial charge in [-0.1, -0.05) is 43.3 Å². The highest BCUT2D eigenvalue weighted by Crippen LogP contribution is 2.30. The van der Waals surface area contributed by atoms with E-state index in [1.165, 1.54) is 12.1 Å². The molecule has 2 aromatic rings. The molecule has 8 heteroatoms. The largest absolute Gasteiger partial charge is 0.493 e. The van der Waals surface area contributed by atoms with Crippen LogP contribution < -0.4 is 14.2 Å². The van der Waals surface area contributed by atoms with Crippen molar-refractivity contribution in [3.63, 3.8) is 0 Å². The molecule has 1 N–H and O–H groups in total. The first-order chi connectivity index (χ1) is 16.1. The standard InChI is InChI=1S/C25H27N3O4S/c1-18(20-7-5-4-6-8-20)16-27(17-19-9-10-23(30-2)24(13-19)31-3)25(29)32-22-11-12-28-21(14-22)15-26-33-28/h4-15,18,26H,16-17H2,1-3H3/t18-/m0/s1. The summed E-state index contributed by atoms with van der Waals surface area (Å²) in [4.78, 5) is 15.0. The highest BCUT2D eigenvalue weighted by Gasteiger charge is 2.23. The van der Waals surface area contributed by atoms with Gasteiger partial charge in [-0.2, -0.15) is 0 Å². The lowest BCUT2D eigenvalue weighted by Crippen LogP contribution is -2.34. The Morgan fingerprint density at radius 3 is 2.67 bits per heavy atom. The number of nitrogens with zero attached hydrogens (tertiary/aromatic N) is 2. The molecule has 2 aliphatic rings. The fourth-order valence-electron chi connectivity index (χ4n) is 3.67. The van der Waals surface area contributed by atoms with Gasteiger partial charge in [-0.15, -0.1) is 0 Å². The number of benzene rings is 2. The molecule has 0 bridgehead atoms. The summed E-state index contributed by atoms with van der Waals surface area (Å²) < 4.78 is 21.6. The average molecular weight is 466 g/mol. The summed E-state index contributed by atoms with van der Waals surface area (Å²) in [6, 6.07) is 15.8. The summed E-state index contributed by atoms with van der Waals surface area (Å²) in [5, 5.41) is 0. The molecule has 0 fully saturated rings. The quantitative estimate of drug-likeness (QED) is 0.540. The minimum Gasteiger partial charge on any atom is -0.493 e. The minimum atomic E-state index is -0.406. The van der Waals surface area contributed by atoms with E-state index in [1.807, 2.05) is 59.2 Å². The number of ether oxygens (including phenoxy) is 3. The van der Waals surface area contributed by atoms with Gasteiger partial charge in [0, 0.05) is 31.6 Å². The van der Waals surface area contributed by atoms with E-state index < -0.39 is 6.09 Å². The second-order valence-corrected chi connectivity index (χ2v) is 8.53. The molecule has 2 heterocycles. The predicted molar refractivity (Wildman–Crippen MR) is 129 cm³/mol. The number of carbonyl (C=O) groups is 1. The average Bonchev–Trinajstić information content (AvgIpc) is 3.32. The summed E-state index contributed by atoms with van der Waals surface area (Å²) in [6.07, 6.45) is 6.94. The Labute approximate surface area is 198 Å². The van der Waals surface area contributed by atoms with Crippen molar-refractivity contribution in [2.24, 2.45) is 0 Å². The number of rotatable bonds is 8. The molecule has 0 spiro atoms. The minimum absolute atomic E-state index is 0.128. The van der Waals surface area contributed by atoms with Crippen LogP contribution in [0.15, 0.2) is 84.5 Å². The first-order valence-electron chi connectivity index (χ1n) is 10.6. The SMILES string of the molecule is COc1ccc(CN(C[C@H](C)c2ccccc2)C(=O)OC2=CC3=CNSN3C=C2)cc1OC. The van der Waals surface area contributed by atoms with Crippen molar-refractivity contribution in [1.82, 2.24) is 13.9 Å². The van der Waals surface area contributed by atoms with E-state index in [9.17, 15) is 4.79 Å². The van der Waals surface area contributed by atoms with E-state index in [0.29, 0.717) is 30.3 Å². The molecule has 2 aliphatic heterocycles. The fraction of sp³-hybridized carbons (Fsp3) is 0.240. The van der Waals surface area contributed by atoms with Gasteiger partial charge in [0.2, 0.25) is 0 Å². The van der Waals surface area contributed by atoms with Crippen molar-refractivity contribution in [3.8, 4) is 11.5 Å². The molecule has 0 radical (unpaired) electrons. The van der Waals surface area contributed by atoms with E-state index in [4.69, 9.17) is 14.2 Å². The van der Waals surface area contributed by atoms with Crippen LogP contribution in [0.2, 0.25) is 0 Å². The van der Waals surface area contributed by atoms with Crippen LogP contribution in [-0.2, 0) is 11.3 Å². The van der Waals surface area contributed by atoms with Gasteiger partial charge >= 0.3 is 6.09 Å². The number of hydrogen-bond donors (Lipinski definition) is 1. The maximum absolute atomic E-state index is 13.3. The molecule has 172 valence electrons. The lowest BCUT2D eigenvalue weighted by atomic mass is 10.0. The summed E-state index contributed by atoms with van der Waals surface area (Å²) >= 11 is 1.45. The van der Waals surface area contributed by atoms with E-state index in [0.717, 1.165) is 16.8 Å². The van der Waals surface area contributed by atoms with Crippen molar-refractivity contribution in [2.45, 2.75) is 19.4 Å². The van der Waals surface area contributed by atoms with Gasteiger partial charge < -0.3 is 23.8 Å². The third kappa shape index (κ3) is 5.46. The van der Waals surface area contributed by atoms with Crippen LogP contribution in [0, 0.1) is 0 Å². The molecule has 33 heavy (non-hydrogen) atoms. The highest BCUT2D eigenvalue weighted by atomic mass is 32.2. The van der Waals surface area contributed by atoms with Crippen LogP contribution in [0.5, 0.6) is 11.5 Å². The molecule has 7 nitrogen and oxygen atoms in total. The van der Waals surface area contributed by atoms with Crippen LogP contribution in [-0.4, -0.2) is 36.1 Å². The number of allylic oxidation sites excluding steroid dienone is 2. The topological polar surface area (TPSA) is 63.3 Å². The molecule has 0 saturated carbocycles. The first-order valence-corrected chi connectivity index (χ1v) is 11.4. The summed E-state index contributed by atoms with van der Waals surface area (Å²) in [6.45, 7) is 2.98. The van der Waals surface area contributed by atoms with Crippen molar-refractivity contribution >= 4 is 18.2 Å². The second kappa shape index (κ2) is 10.4. The van der Waals surface area contributed by atoms with E-state index in [1.54, 1.807) is 25.2 Å². The molecule has 4 rings (SSSR count). The number of hydrogen-bond acceptors (Lipinski definition) is 7. The zero-order valence-corrected chi connectivity index (χ0v) is 19.7. The number of fused-ring (bicyclic) bond motifs is 1. The Morgan fingerprint density at radius 2 is 1.91 bits per heavy atom. The van der Waals surface area contributed by atoms with Crippen LogP contribution in [0.3, 0.4) is 0 Å². The van der Waals surface area contributed by atoms with Gasteiger partial charge in [-0.3, -0.25) is 4.31 Å². The van der Waals surface area contributed by atoms with Crippen molar-refractivity contribution in [1.29, 1.82) is 0 Å². The molecule has 0 saturated heterocycles. The van der Waals surface area contributed by atoms with Crippen LogP contribution in [0.1, 0.15) is 24.0 Å². The lowest BCUT2D eigenvalue weighted by Gasteiger charge is -2.27. The normalized spacial score (nSPS) is 15.1. The van der Waals surface area contributed by atoms with Gasteiger partial charge in [0.05, 0.1) is 32.1 Å². The number of amides is 1. The van der Waals surface area contributed by atoms with Crippen LogP contribution in [0.4, 0.5) is 4.79 Å². The Hall–Kier alpha value is -3.52. The number of methoxy groups -OCH3 is 2. The van der Waals surface area contributed by atoms with Crippen LogP contribution >= 0.6 is 12.1 Å². The Kier molecular flexibility index (Phi) is 7.14. The van der Waals surface area contributed by atoms with Gasteiger partial charge in [0.1, 0.15) is 5.76 Å². The third-order valence-electron chi connectivity index (χ3n) is 5.42. The summed E-state index contributed by atoms with van der Waals surface area (Å²) in [7, 11) is 3.20. The van der Waals surface area contributed by atoms with E-state index in [2.05, 4.69) is 23.8 Å². The summed E-state index contributed by atoms with van der Waals surface area (Å²) in [5.74, 6) is 1.89. The zero-order valence-electron chi connectivity index (χ0n) is 18.9. The lowest BCUT2D eigenvalue weighted by molar-refractivity contribution is 0.125. The van der Waals surface area contributed by atoms with E-state index >= 15 is 0 Å². The second-order valence-electron chi connectivity index (χ2n) is 7.72. The summed E-state index contributed by atoms with van der Waals surface area (Å²) in [5.41, 5.74) is 3.01. The molecule has 2 aromatic carbocycles. The molecule has 0 aliphatic carbocycles. The first kappa shape index (κ1) is 22.7. The van der Waals surface area contributed by atoms with Gasteiger partial charge in [0.25, 0.3) is 0 Å². The Bertz CT molecular complexity index is 1080. The van der Waals surface area contributed by atoms with Crippen molar-refractivity contribution in [2.75, 3.05) is 20.8 Å². The highest BCUT2D eigenvalue weighted by molar-refractivity contribution is 7.95. The number of nitrogens with one attached hydrogen (secondary N) is 1. The molecule has 1 amide bonds. The third-order valence-corrected chi connectivity index (χ3v) is 6.18. The van der Waals surface area contributed by atoms with E-state index in [-0.39, 0.29) is 5.92 Å². The van der Waals surface area contributed by atoms with Crippen LogP contribution in [0.25, 0.3) is 0 Å². The van der Waals surface area contributed by atoms with Gasteiger partial charge in [0.15, 0.2) is 11.5 Å². The predicted octanol–water partition coefficient (Wildman–Crippen LogP) is 5.17. The fourth-order valence-corrected chi connectivity index (χ4v) is 4.29.